The van der Waals surface area contributed by atoms with Crippen LogP contribution < -0.4 is 9.64 Å². The fourth-order valence-electron chi connectivity index (χ4n) is 6.10. The molecule has 0 N–H and O–H groups in total. The summed E-state index contributed by atoms with van der Waals surface area (Å²) < 4.78 is 10.5. The van der Waals surface area contributed by atoms with Crippen LogP contribution >= 0.6 is 31.9 Å². The standard InChI is InChI=1S/C31H23Br2NO7/c32-26-21-14-22(27(26)33)25-24(21)28(36)34(29(25)37)19-10-6-18(7-11-19)30(38)40-15-23(35)16-8-12-20(13-9-16)41-31(39)17-4-2-1-3-5-17/h1-13,21-22,24-27H,14-15H2. The van der Waals surface area contributed by atoms with Crippen LogP contribution in [0, 0.1) is 23.7 Å². The van der Waals surface area contributed by atoms with Crippen molar-refractivity contribution in [3.63, 3.8) is 0 Å². The number of amides is 2. The predicted octanol–water partition coefficient (Wildman–Crippen LogP) is 5.23. The first-order valence-corrected chi connectivity index (χ1v) is 14.9. The number of alkyl halides is 2. The van der Waals surface area contributed by atoms with E-state index >= 15 is 0 Å². The molecule has 8 nitrogen and oxygen atoms in total. The molecule has 41 heavy (non-hydrogen) atoms. The number of imide groups is 1. The third-order valence-corrected chi connectivity index (χ3v) is 11.3. The van der Waals surface area contributed by atoms with Gasteiger partial charge in [-0.2, -0.15) is 0 Å². The van der Waals surface area contributed by atoms with Gasteiger partial charge in [-0.3, -0.25) is 19.3 Å². The second-order valence-electron chi connectivity index (χ2n) is 10.3. The maximum absolute atomic E-state index is 13.2. The second kappa shape index (κ2) is 11.0. The topological polar surface area (TPSA) is 107 Å². The van der Waals surface area contributed by atoms with E-state index in [9.17, 15) is 24.0 Å². The van der Waals surface area contributed by atoms with Crippen molar-refractivity contribution in [3.05, 3.63) is 95.6 Å². The van der Waals surface area contributed by atoms with Gasteiger partial charge in [0.15, 0.2) is 12.4 Å². The van der Waals surface area contributed by atoms with E-state index < -0.39 is 24.3 Å². The third kappa shape index (κ3) is 4.93. The number of rotatable bonds is 7. The lowest BCUT2D eigenvalue weighted by Gasteiger charge is -2.28. The Bertz CT molecular complexity index is 1510. The van der Waals surface area contributed by atoms with Crippen molar-refractivity contribution in [1.29, 1.82) is 0 Å². The number of carbonyl (C=O) groups is 5. The lowest BCUT2D eigenvalue weighted by Crippen LogP contribution is -2.37. The minimum absolute atomic E-state index is 0.114. The molecule has 2 amide bonds. The number of hydrogen-bond donors (Lipinski definition) is 0. The number of nitrogens with zero attached hydrogens (tertiary/aromatic N) is 1. The normalized spacial score (nSPS) is 26.1. The van der Waals surface area contributed by atoms with Crippen molar-refractivity contribution in [2.45, 2.75) is 16.1 Å². The van der Waals surface area contributed by atoms with E-state index in [2.05, 4.69) is 31.9 Å². The van der Waals surface area contributed by atoms with Crippen LogP contribution in [0.4, 0.5) is 5.69 Å². The van der Waals surface area contributed by atoms with Gasteiger partial charge in [-0.25, -0.2) is 9.59 Å². The first-order chi connectivity index (χ1) is 19.7. The van der Waals surface area contributed by atoms with Gasteiger partial charge in [0.05, 0.1) is 28.7 Å². The van der Waals surface area contributed by atoms with Gasteiger partial charge in [-0.15, -0.1) is 0 Å². The van der Waals surface area contributed by atoms with Gasteiger partial charge in [-0.1, -0.05) is 50.1 Å². The molecule has 2 saturated carbocycles. The highest BCUT2D eigenvalue weighted by Crippen LogP contribution is 2.60. The largest absolute Gasteiger partial charge is 0.454 e. The van der Waals surface area contributed by atoms with Gasteiger partial charge in [-0.05, 0) is 78.9 Å². The molecule has 10 heteroatoms. The summed E-state index contributed by atoms with van der Waals surface area (Å²) in [6.45, 7) is -0.486. The van der Waals surface area contributed by atoms with Crippen LogP contribution in [0.3, 0.4) is 0 Å². The van der Waals surface area contributed by atoms with Crippen LogP contribution in [0.2, 0.25) is 0 Å². The Balaban J connectivity index is 1.04. The summed E-state index contributed by atoms with van der Waals surface area (Å²) in [6.07, 6.45) is 0.849. The zero-order chi connectivity index (χ0) is 28.8. The summed E-state index contributed by atoms with van der Waals surface area (Å²) in [5, 5.41) is 0. The lowest BCUT2D eigenvalue weighted by molar-refractivity contribution is -0.123. The summed E-state index contributed by atoms with van der Waals surface area (Å²) in [7, 11) is 0. The Morgan fingerprint density at radius 1 is 0.707 bits per heavy atom. The monoisotopic (exact) mass is 679 g/mol. The maximum Gasteiger partial charge on any atom is 0.343 e. The molecule has 2 bridgehead atoms. The van der Waals surface area contributed by atoms with E-state index in [4.69, 9.17) is 9.47 Å². The van der Waals surface area contributed by atoms with E-state index in [1.165, 1.54) is 41.3 Å². The lowest BCUT2D eigenvalue weighted by atomic mass is 9.81. The Morgan fingerprint density at radius 3 is 1.83 bits per heavy atom. The SMILES string of the molecule is O=C(COC(=O)c1ccc(N2C(=O)C3C4CC(C(Br)C4Br)C3C2=O)cc1)c1ccc(OC(=O)c2ccccc2)cc1. The van der Waals surface area contributed by atoms with Crippen molar-refractivity contribution >= 4 is 67.1 Å². The molecule has 2 aliphatic carbocycles. The molecule has 6 rings (SSSR count). The number of halogens is 2. The van der Waals surface area contributed by atoms with Gasteiger partial charge in [0, 0.05) is 15.2 Å². The van der Waals surface area contributed by atoms with E-state index in [0.717, 1.165) is 6.42 Å². The zero-order valence-electron chi connectivity index (χ0n) is 21.4. The molecule has 6 unspecified atom stereocenters. The number of hydrogen-bond acceptors (Lipinski definition) is 7. The summed E-state index contributed by atoms with van der Waals surface area (Å²) in [5.41, 5.74) is 1.28. The van der Waals surface area contributed by atoms with Crippen LogP contribution in [0.5, 0.6) is 5.75 Å². The molecule has 3 aliphatic rings. The van der Waals surface area contributed by atoms with Crippen molar-refractivity contribution in [1.82, 2.24) is 0 Å². The highest BCUT2D eigenvalue weighted by atomic mass is 79.9. The Morgan fingerprint density at radius 2 is 1.24 bits per heavy atom. The number of anilines is 1. The summed E-state index contributed by atoms with van der Waals surface area (Å²) in [6, 6.07) is 20.5. The Hall–Kier alpha value is -3.63. The Labute approximate surface area is 252 Å². The number of benzene rings is 3. The van der Waals surface area contributed by atoms with Crippen molar-refractivity contribution in [2.24, 2.45) is 23.7 Å². The van der Waals surface area contributed by atoms with E-state index in [0.29, 0.717) is 11.3 Å². The molecule has 3 fully saturated rings. The molecule has 0 radical (unpaired) electrons. The van der Waals surface area contributed by atoms with Crippen molar-refractivity contribution < 1.29 is 33.4 Å². The first-order valence-electron chi connectivity index (χ1n) is 13.1. The smallest absolute Gasteiger partial charge is 0.343 e. The molecule has 1 heterocycles. The van der Waals surface area contributed by atoms with Crippen LogP contribution in [0.1, 0.15) is 37.5 Å². The molecule has 0 aromatic heterocycles. The molecule has 1 saturated heterocycles. The van der Waals surface area contributed by atoms with Gasteiger partial charge in [0.25, 0.3) is 0 Å². The third-order valence-electron chi connectivity index (χ3n) is 8.08. The van der Waals surface area contributed by atoms with Gasteiger partial charge in [0.2, 0.25) is 11.8 Å². The van der Waals surface area contributed by atoms with Crippen LogP contribution in [-0.2, 0) is 14.3 Å². The van der Waals surface area contributed by atoms with Gasteiger partial charge >= 0.3 is 11.9 Å². The van der Waals surface area contributed by atoms with Crippen LogP contribution in [0.25, 0.3) is 0 Å². The minimum Gasteiger partial charge on any atom is -0.454 e. The molecule has 1 aliphatic heterocycles. The van der Waals surface area contributed by atoms with Crippen LogP contribution in [0.15, 0.2) is 78.9 Å². The molecular weight excluding hydrogens is 658 g/mol. The molecule has 0 spiro atoms. The average Bonchev–Trinajstić information content (AvgIpc) is 3.61. The van der Waals surface area contributed by atoms with E-state index in [1.807, 2.05) is 0 Å². The number of ether oxygens (including phenoxy) is 2. The second-order valence-corrected chi connectivity index (χ2v) is 12.5. The Kier molecular flexibility index (Phi) is 7.37. The fraction of sp³-hybridized carbons (Fsp3) is 0.258. The average molecular weight is 681 g/mol. The number of ketones is 1. The number of esters is 2. The van der Waals surface area contributed by atoms with E-state index in [-0.39, 0.29) is 62.0 Å². The summed E-state index contributed by atoms with van der Waals surface area (Å²) in [5.74, 6) is -2.20. The number of carbonyl (C=O) groups excluding carboxylic acids is 5. The molecule has 6 atom stereocenters. The molecule has 3 aromatic rings. The number of Topliss-reactive ketones (excluding diaryl/α,β-unsaturated/α-hetero) is 1. The molecule has 3 aromatic carbocycles. The zero-order valence-corrected chi connectivity index (χ0v) is 24.6. The highest BCUT2D eigenvalue weighted by molar-refractivity contribution is 9.12. The fourth-order valence-corrected chi connectivity index (χ4v) is 7.97. The van der Waals surface area contributed by atoms with Crippen molar-refractivity contribution in [3.8, 4) is 5.75 Å². The van der Waals surface area contributed by atoms with Crippen molar-refractivity contribution in [2.75, 3.05) is 11.5 Å². The molecular formula is C31H23Br2NO7. The van der Waals surface area contributed by atoms with Crippen LogP contribution in [-0.4, -0.2) is 45.8 Å². The molecule has 208 valence electrons. The maximum atomic E-state index is 13.2. The number of fused-ring (bicyclic) bond motifs is 5. The van der Waals surface area contributed by atoms with Gasteiger partial charge < -0.3 is 9.47 Å². The first kappa shape index (κ1) is 27.5. The quantitative estimate of drug-likeness (QED) is 0.111. The summed E-state index contributed by atoms with van der Waals surface area (Å²) in [4.78, 5) is 65.3. The minimum atomic E-state index is -0.712. The highest BCUT2D eigenvalue weighted by Gasteiger charge is 2.66. The van der Waals surface area contributed by atoms with E-state index in [1.54, 1.807) is 42.5 Å². The predicted molar refractivity (Wildman–Crippen MR) is 155 cm³/mol. The summed E-state index contributed by atoms with van der Waals surface area (Å²) >= 11 is 7.37. The van der Waals surface area contributed by atoms with Gasteiger partial charge in [0.1, 0.15) is 5.75 Å².